The molecule has 0 amide bonds. The van der Waals surface area contributed by atoms with Crippen molar-refractivity contribution in [3.63, 3.8) is 0 Å². The van der Waals surface area contributed by atoms with Crippen LogP contribution in [-0.4, -0.2) is 27.4 Å². The quantitative estimate of drug-likeness (QED) is 0.892. The van der Waals surface area contributed by atoms with Crippen LogP contribution in [0.25, 0.3) is 0 Å². The molecule has 1 aromatic carbocycles. The minimum absolute atomic E-state index is 0.306. The molecule has 3 atom stereocenters. The minimum Gasteiger partial charge on any atom is -0.311 e. The Balaban J connectivity index is 1.45. The highest BCUT2D eigenvalue weighted by Crippen LogP contribution is 2.48. The van der Waals surface area contributed by atoms with Gasteiger partial charge < -0.3 is 5.32 Å². The van der Waals surface area contributed by atoms with Crippen LogP contribution in [0.4, 0.5) is 0 Å². The fourth-order valence-corrected chi connectivity index (χ4v) is 4.24. The Hall–Kier alpha value is -1.39. The number of hydrogen-bond acceptors (Lipinski definition) is 3. The summed E-state index contributed by atoms with van der Waals surface area (Å²) in [6.07, 6.45) is 9.71. The molecule has 0 spiro atoms. The second kappa shape index (κ2) is 6.49. The van der Waals surface area contributed by atoms with Gasteiger partial charge in [0.25, 0.3) is 0 Å². The maximum atomic E-state index is 6.04. The third kappa shape index (κ3) is 3.22. The van der Waals surface area contributed by atoms with E-state index in [-0.39, 0.29) is 0 Å². The second-order valence-electron chi connectivity index (χ2n) is 7.64. The number of rotatable bonds is 5. The number of nitrogens with one attached hydrogen (secondary N) is 1. The molecule has 2 aromatic rings. The third-order valence-electron chi connectivity index (χ3n) is 5.87. The van der Waals surface area contributed by atoms with Crippen molar-refractivity contribution < 1.29 is 0 Å². The summed E-state index contributed by atoms with van der Waals surface area (Å²) in [6, 6.07) is 9.29. The Morgan fingerprint density at radius 2 is 2.04 bits per heavy atom. The van der Waals surface area contributed by atoms with Gasteiger partial charge in [-0.1, -0.05) is 30.7 Å². The van der Waals surface area contributed by atoms with Crippen molar-refractivity contribution in [1.29, 1.82) is 0 Å². The van der Waals surface area contributed by atoms with Gasteiger partial charge in [-0.2, -0.15) is 5.10 Å². The maximum Gasteiger partial charge on any atom is 0.137 e. The highest BCUT2D eigenvalue weighted by molar-refractivity contribution is 6.30. The van der Waals surface area contributed by atoms with Crippen LogP contribution >= 0.6 is 11.6 Å². The molecular weight excluding hydrogens is 320 g/mol. The second-order valence-corrected chi connectivity index (χ2v) is 8.07. The molecule has 2 aliphatic rings. The summed E-state index contributed by atoms with van der Waals surface area (Å²) in [5.41, 5.74) is 1.72. The zero-order chi connectivity index (χ0) is 16.6. The number of nitrogens with zero attached hydrogens (tertiary/aromatic N) is 3. The highest BCUT2D eigenvalue weighted by Gasteiger charge is 2.44. The smallest absolute Gasteiger partial charge is 0.137 e. The van der Waals surface area contributed by atoms with E-state index >= 15 is 0 Å². The van der Waals surface area contributed by atoms with Gasteiger partial charge in [-0.05, 0) is 55.7 Å². The molecule has 5 heteroatoms. The van der Waals surface area contributed by atoms with Crippen LogP contribution in [-0.2, 0) is 5.41 Å². The van der Waals surface area contributed by atoms with Gasteiger partial charge >= 0.3 is 0 Å². The van der Waals surface area contributed by atoms with E-state index in [0.29, 0.717) is 17.5 Å². The topological polar surface area (TPSA) is 42.7 Å². The number of hydrogen-bond donors (Lipinski definition) is 1. The Morgan fingerprint density at radius 1 is 1.25 bits per heavy atom. The first-order chi connectivity index (χ1) is 11.7. The van der Waals surface area contributed by atoms with Crippen molar-refractivity contribution in [2.75, 3.05) is 6.54 Å². The van der Waals surface area contributed by atoms with Crippen LogP contribution in [0, 0.1) is 5.92 Å². The summed E-state index contributed by atoms with van der Waals surface area (Å²) in [5, 5.41) is 9.09. The molecule has 128 valence electrons. The van der Waals surface area contributed by atoms with Crippen LogP contribution in [0.5, 0.6) is 0 Å². The number of aromatic nitrogens is 3. The number of halogens is 1. The monoisotopic (exact) mass is 344 g/mol. The normalized spacial score (nSPS) is 28.7. The molecule has 24 heavy (non-hydrogen) atoms. The van der Waals surface area contributed by atoms with Crippen molar-refractivity contribution in [1.82, 2.24) is 20.1 Å². The van der Waals surface area contributed by atoms with Gasteiger partial charge in [-0.25, -0.2) is 9.67 Å². The van der Waals surface area contributed by atoms with Gasteiger partial charge in [0.15, 0.2) is 0 Å². The van der Waals surface area contributed by atoms with Gasteiger partial charge in [-0.3, -0.25) is 0 Å². The lowest BCUT2D eigenvalue weighted by atomic mass is 9.83. The van der Waals surface area contributed by atoms with Gasteiger partial charge in [0, 0.05) is 23.0 Å². The first-order valence-electron chi connectivity index (χ1n) is 9.00. The Kier molecular flexibility index (Phi) is 4.35. The van der Waals surface area contributed by atoms with E-state index < -0.39 is 0 Å². The van der Waals surface area contributed by atoms with E-state index in [1.807, 2.05) is 18.5 Å². The lowest BCUT2D eigenvalue weighted by Gasteiger charge is -2.36. The summed E-state index contributed by atoms with van der Waals surface area (Å²) in [4.78, 5) is 4.15. The Bertz CT molecular complexity index is 663. The van der Waals surface area contributed by atoms with Crippen LogP contribution in [0.1, 0.15) is 50.6 Å². The molecular formula is C19H25ClN4. The minimum atomic E-state index is 0.306. The summed E-state index contributed by atoms with van der Waals surface area (Å²) >= 11 is 6.04. The van der Waals surface area contributed by atoms with Crippen LogP contribution < -0.4 is 5.32 Å². The summed E-state index contributed by atoms with van der Waals surface area (Å²) in [7, 11) is 0. The molecule has 4 rings (SSSR count). The van der Waals surface area contributed by atoms with E-state index in [1.54, 1.807) is 6.33 Å². The average Bonchev–Trinajstić information content (AvgIpc) is 3.18. The van der Waals surface area contributed by atoms with Crippen LogP contribution in [0.3, 0.4) is 0 Å². The predicted molar refractivity (Wildman–Crippen MR) is 96.2 cm³/mol. The van der Waals surface area contributed by atoms with Crippen molar-refractivity contribution in [2.45, 2.75) is 56.5 Å². The molecule has 0 bridgehead atoms. The standard InChI is InChI=1S/C19H25ClN4/c1-14-2-7-17(18(10-14)24-13-21-12-23-24)22-11-19(8-9-19)15-3-5-16(20)6-4-15/h3-6,12-14,17-18,22H,2,7-11H2,1H3. The van der Waals surface area contributed by atoms with Crippen molar-refractivity contribution in [2.24, 2.45) is 5.92 Å². The summed E-state index contributed by atoms with van der Waals surface area (Å²) in [6.45, 7) is 3.38. The zero-order valence-corrected chi connectivity index (χ0v) is 14.9. The summed E-state index contributed by atoms with van der Waals surface area (Å²) < 4.78 is 2.05. The SMILES string of the molecule is CC1CCC(NCC2(c3ccc(Cl)cc3)CC2)C(n2cncn2)C1. The third-order valence-corrected chi connectivity index (χ3v) is 6.12. The maximum absolute atomic E-state index is 6.04. The fraction of sp³-hybridized carbons (Fsp3) is 0.579. The molecule has 1 aromatic heterocycles. The molecule has 2 saturated carbocycles. The Labute approximate surface area is 148 Å². The van der Waals surface area contributed by atoms with E-state index in [9.17, 15) is 0 Å². The molecule has 1 N–H and O–H groups in total. The van der Waals surface area contributed by atoms with Gasteiger partial charge in [0.05, 0.1) is 6.04 Å². The van der Waals surface area contributed by atoms with E-state index in [4.69, 9.17) is 11.6 Å². The largest absolute Gasteiger partial charge is 0.311 e. The molecule has 2 aliphatic carbocycles. The first kappa shape index (κ1) is 16.1. The van der Waals surface area contributed by atoms with Gasteiger partial charge in [-0.15, -0.1) is 0 Å². The van der Waals surface area contributed by atoms with E-state index in [2.05, 4.69) is 39.1 Å². The number of benzene rings is 1. The van der Waals surface area contributed by atoms with Gasteiger partial charge in [0.1, 0.15) is 12.7 Å². The molecule has 4 nitrogen and oxygen atoms in total. The molecule has 2 fully saturated rings. The van der Waals surface area contributed by atoms with Crippen LogP contribution in [0.2, 0.25) is 5.02 Å². The molecule has 0 radical (unpaired) electrons. The fourth-order valence-electron chi connectivity index (χ4n) is 4.12. The molecule has 0 aliphatic heterocycles. The average molecular weight is 345 g/mol. The van der Waals surface area contributed by atoms with Crippen molar-refractivity contribution in [3.05, 3.63) is 47.5 Å². The molecule has 0 saturated heterocycles. The molecule has 3 unspecified atom stereocenters. The van der Waals surface area contributed by atoms with Crippen molar-refractivity contribution in [3.8, 4) is 0 Å². The zero-order valence-electron chi connectivity index (χ0n) is 14.2. The lowest BCUT2D eigenvalue weighted by molar-refractivity contribution is 0.199. The van der Waals surface area contributed by atoms with E-state index in [1.165, 1.54) is 37.7 Å². The van der Waals surface area contributed by atoms with E-state index in [0.717, 1.165) is 17.5 Å². The Morgan fingerprint density at radius 3 is 2.71 bits per heavy atom. The lowest BCUT2D eigenvalue weighted by Crippen LogP contribution is -2.44. The van der Waals surface area contributed by atoms with Crippen LogP contribution in [0.15, 0.2) is 36.9 Å². The first-order valence-corrected chi connectivity index (χ1v) is 9.38. The highest BCUT2D eigenvalue weighted by atomic mass is 35.5. The molecule has 1 heterocycles. The van der Waals surface area contributed by atoms with Crippen molar-refractivity contribution >= 4 is 11.6 Å². The van der Waals surface area contributed by atoms with Gasteiger partial charge in [0.2, 0.25) is 0 Å². The predicted octanol–water partition coefficient (Wildman–Crippen LogP) is 3.98. The summed E-state index contributed by atoms with van der Waals surface area (Å²) in [5.74, 6) is 0.753.